The first-order valence-corrected chi connectivity index (χ1v) is 24.3. The van der Waals surface area contributed by atoms with E-state index in [2.05, 4.69) is 283 Å². The van der Waals surface area contributed by atoms with Gasteiger partial charge < -0.3 is 14.4 Å². The van der Waals surface area contributed by atoms with Gasteiger partial charge in [0.25, 0.3) is 0 Å². The Morgan fingerprint density at radius 3 is 1.78 bits per heavy atom. The van der Waals surface area contributed by atoms with E-state index in [1.54, 1.807) is 0 Å². The first-order valence-electron chi connectivity index (χ1n) is 24.3. The molecule has 72 heavy (non-hydrogen) atoms. The summed E-state index contributed by atoms with van der Waals surface area (Å²) < 4.78 is 4.61. The van der Waals surface area contributed by atoms with E-state index in [-0.39, 0.29) is 26.5 Å². The van der Waals surface area contributed by atoms with E-state index in [1.807, 2.05) is 6.07 Å². The van der Waals surface area contributed by atoms with Crippen LogP contribution in [0.15, 0.2) is 231 Å². The number of anilines is 4. The molecule has 1 aliphatic heterocycles. The fourth-order valence-corrected chi connectivity index (χ4v) is 10.4. The number of imidazole rings is 1. The van der Waals surface area contributed by atoms with Crippen molar-refractivity contribution in [3.8, 4) is 56.1 Å². The van der Waals surface area contributed by atoms with Crippen molar-refractivity contribution in [3.63, 3.8) is 0 Å². The molecule has 0 saturated heterocycles. The SMILES string of the molecule is CC(C)(C)c1cc[c-]c(-c2cccc3c2nc(-n2c4[c-]c(N5[CH-]N(c6c(-c7ccccc7)cccc6-c6ccccc6)c6cc(-c7ccccc7)ccc65)ccc4c4ccccc42)n3-c2ccccc2)c1.[Pt]. The number of hydrogen-bond donors (Lipinski definition) is 0. The molecule has 0 amide bonds. The summed E-state index contributed by atoms with van der Waals surface area (Å²) in [5, 5.41) is 2.23. The quantitative estimate of drug-likeness (QED) is 0.142. The molecule has 0 unspecified atom stereocenters. The molecule has 10 aromatic carbocycles. The normalized spacial score (nSPS) is 12.4. The van der Waals surface area contributed by atoms with E-state index in [0.717, 1.165) is 112 Å². The Morgan fingerprint density at radius 2 is 1.08 bits per heavy atom. The van der Waals surface area contributed by atoms with Crippen LogP contribution in [0.5, 0.6) is 0 Å². The third-order valence-corrected chi connectivity index (χ3v) is 13.9. The van der Waals surface area contributed by atoms with Crippen LogP contribution in [-0.2, 0) is 26.5 Å². The molecular formula is C66H48N5Pt-3. The molecule has 0 spiro atoms. The van der Waals surface area contributed by atoms with E-state index in [1.165, 1.54) is 5.56 Å². The number of hydrogen-bond acceptors (Lipinski definition) is 3. The van der Waals surface area contributed by atoms with Gasteiger partial charge >= 0.3 is 0 Å². The van der Waals surface area contributed by atoms with Crippen LogP contribution >= 0.6 is 0 Å². The van der Waals surface area contributed by atoms with Gasteiger partial charge in [-0.3, -0.25) is 4.57 Å². The Labute approximate surface area is 435 Å². The first-order chi connectivity index (χ1) is 34.9. The molecule has 2 aromatic heterocycles. The molecule has 0 radical (unpaired) electrons. The van der Waals surface area contributed by atoms with Gasteiger partial charge in [0.2, 0.25) is 5.95 Å². The zero-order valence-electron chi connectivity index (χ0n) is 40.1. The van der Waals surface area contributed by atoms with Crippen molar-refractivity contribution in [2.24, 2.45) is 0 Å². The van der Waals surface area contributed by atoms with E-state index < -0.39 is 0 Å². The van der Waals surface area contributed by atoms with Gasteiger partial charge in [0.1, 0.15) is 0 Å². The topological polar surface area (TPSA) is 29.2 Å². The third kappa shape index (κ3) is 7.64. The number of para-hydroxylation sites is 4. The summed E-state index contributed by atoms with van der Waals surface area (Å²) in [5.74, 6) is 0.787. The van der Waals surface area contributed by atoms with Gasteiger partial charge in [-0.05, 0) is 69.5 Å². The van der Waals surface area contributed by atoms with Gasteiger partial charge in [0.15, 0.2) is 0 Å². The molecule has 350 valence electrons. The summed E-state index contributed by atoms with van der Waals surface area (Å²) in [6, 6.07) is 90.0. The van der Waals surface area contributed by atoms with Crippen molar-refractivity contribution in [1.29, 1.82) is 0 Å². The Morgan fingerprint density at radius 1 is 0.472 bits per heavy atom. The zero-order chi connectivity index (χ0) is 47.6. The minimum atomic E-state index is -0.0211. The molecule has 0 bridgehead atoms. The summed E-state index contributed by atoms with van der Waals surface area (Å²) in [6.45, 7) is 9.02. The van der Waals surface area contributed by atoms with Gasteiger partial charge in [-0.2, -0.15) is 6.07 Å². The molecule has 0 N–H and O–H groups in total. The Bertz CT molecular complexity index is 3890. The van der Waals surface area contributed by atoms with E-state index in [4.69, 9.17) is 4.98 Å². The molecule has 0 atom stereocenters. The molecular weight excluding hydrogens is 1060 g/mol. The Kier molecular flexibility index (Phi) is 11.3. The van der Waals surface area contributed by atoms with Crippen LogP contribution in [0.25, 0.3) is 89.0 Å². The van der Waals surface area contributed by atoms with Crippen LogP contribution in [-0.4, -0.2) is 14.1 Å². The van der Waals surface area contributed by atoms with Gasteiger partial charge in [0, 0.05) is 60.5 Å². The summed E-state index contributed by atoms with van der Waals surface area (Å²) in [6.07, 6.45) is 0. The van der Waals surface area contributed by atoms with Crippen molar-refractivity contribution < 1.29 is 21.1 Å². The largest absolute Gasteiger partial charge is 0.493 e. The minimum Gasteiger partial charge on any atom is -0.493 e. The van der Waals surface area contributed by atoms with Gasteiger partial charge in [-0.25, -0.2) is 4.98 Å². The number of rotatable bonds is 8. The molecule has 1 aliphatic rings. The molecule has 0 saturated carbocycles. The van der Waals surface area contributed by atoms with Crippen LogP contribution < -0.4 is 9.80 Å². The predicted octanol–water partition coefficient (Wildman–Crippen LogP) is 17.1. The molecule has 3 heterocycles. The van der Waals surface area contributed by atoms with Crippen LogP contribution in [0.1, 0.15) is 26.3 Å². The van der Waals surface area contributed by atoms with Crippen molar-refractivity contribution in [2.45, 2.75) is 26.2 Å². The molecule has 13 rings (SSSR count). The monoisotopic (exact) mass is 1110 g/mol. The number of aromatic nitrogens is 3. The van der Waals surface area contributed by atoms with Crippen molar-refractivity contribution in [2.75, 3.05) is 9.80 Å². The van der Waals surface area contributed by atoms with Crippen LogP contribution in [0.2, 0.25) is 0 Å². The summed E-state index contributed by atoms with van der Waals surface area (Å²) in [4.78, 5) is 10.4. The average molecular weight is 1110 g/mol. The zero-order valence-corrected chi connectivity index (χ0v) is 42.3. The summed E-state index contributed by atoms with van der Waals surface area (Å²) in [7, 11) is 0. The fraction of sp³-hybridized carbons (Fsp3) is 0.0606. The van der Waals surface area contributed by atoms with E-state index in [0.29, 0.717) is 0 Å². The molecule has 12 aromatic rings. The van der Waals surface area contributed by atoms with Crippen molar-refractivity contribution in [1.82, 2.24) is 14.1 Å². The van der Waals surface area contributed by atoms with Crippen LogP contribution in [0.4, 0.5) is 22.7 Å². The summed E-state index contributed by atoms with van der Waals surface area (Å²) in [5.41, 5.74) is 19.3. The maximum Gasteiger partial charge on any atom is 0.217 e. The van der Waals surface area contributed by atoms with Crippen LogP contribution in [0, 0.1) is 18.8 Å². The molecule has 5 nitrogen and oxygen atoms in total. The second-order valence-electron chi connectivity index (χ2n) is 19.3. The fourth-order valence-electron chi connectivity index (χ4n) is 10.4. The van der Waals surface area contributed by atoms with Gasteiger partial charge in [-0.15, -0.1) is 65.3 Å². The third-order valence-electron chi connectivity index (χ3n) is 13.9. The molecule has 6 heteroatoms. The number of nitrogens with zero attached hydrogens (tertiary/aromatic N) is 5. The van der Waals surface area contributed by atoms with E-state index >= 15 is 0 Å². The standard InChI is InChI=1S/C66H48N5.Pt/c1-66(2,3)50-28-18-27-49(41-50)53-32-20-36-60-63(53)67-65(70(60)51-29-14-7-15-30-51)71-58-35-17-16-31-56(58)57-39-38-52(43-61(57)71)68-44-69(62-42-48(37-40-59(62)68)45-21-8-4-9-22-45)64-54(46-23-10-5-11-24-46)33-19-34-55(64)47-25-12-6-13-26-47;/h4-26,28-42,44H,1-3H3;/q-3;. The first kappa shape index (κ1) is 44.9. The Balaban J connectivity index is 0.00000530. The minimum absolute atomic E-state index is 0. The maximum absolute atomic E-state index is 5.69. The molecule has 0 fully saturated rings. The summed E-state index contributed by atoms with van der Waals surface area (Å²) >= 11 is 0. The van der Waals surface area contributed by atoms with Gasteiger partial charge in [0.05, 0.1) is 11.0 Å². The number of fused-ring (bicyclic) bond motifs is 5. The molecule has 0 aliphatic carbocycles. The van der Waals surface area contributed by atoms with Crippen molar-refractivity contribution >= 4 is 55.6 Å². The van der Waals surface area contributed by atoms with E-state index in [9.17, 15) is 0 Å². The average Bonchev–Trinajstić information content (AvgIpc) is 4.11. The predicted molar refractivity (Wildman–Crippen MR) is 295 cm³/mol. The smallest absolute Gasteiger partial charge is 0.217 e. The van der Waals surface area contributed by atoms with Gasteiger partial charge in [-0.1, -0.05) is 196 Å². The maximum atomic E-state index is 5.69. The Hall–Kier alpha value is -8.24. The van der Waals surface area contributed by atoms with Crippen LogP contribution in [0.3, 0.4) is 0 Å². The van der Waals surface area contributed by atoms with Crippen molar-refractivity contribution in [3.05, 3.63) is 255 Å². The second kappa shape index (κ2) is 18.2. The number of benzene rings is 10. The second-order valence-corrected chi connectivity index (χ2v) is 19.3.